The van der Waals surface area contributed by atoms with Crippen LogP contribution in [-0.2, 0) is 0 Å². The number of nitrogens with zero attached hydrogens (tertiary/aromatic N) is 2. The molecule has 108 valence electrons. The van der Waals surface area contributed by atoms with Crippen LogP contribution in [0.5, 0.6) is 0 Å². The van der Waals surface area contributed by atoms with Crippen molar-refractivity contribution in [2.75, 3.05) is 16.3 Å². The highest BCUT2D eigenvalue weighted by molar-refractivity contribution is 6.10. The number of fused-ring (bicyclic) bond motifs is 1. The van der Waals surface area contributed by atoms with Crippen LogP contribution in [0.4, 0.5) is 11.4 Å². The standard InChI is InChI=1S/C18H20N2O/c1-3-13-19-14(2)20(17-12-8-7-11-16(17)19)18(21)15-9-5-4-6-10-15/h4-12,14H,3,13H2,1-2H3. The van der Waals surface area contributed by atoms with Gasteiger partial charge in [-0.15, -0.1) is 0 Å². The van der Waals surface area contributed by atoms with E-state index in [1.54, 1.807) is 0 Å². The monoisotopic (exact) mass is 280 g/mol. The third-order valence-electron chi connectivity index (χ3n) is 3.98. The number of anilines is 2. The Kier molecular flexibility index (Phi) is 3.65. The van der Waals surface area contributed by atoms with Crippen LogP contribution >= 0.6 is 0 Å². The summed E-state index contributed by atoms with van der Waals surface area (Å²) in [4.78, 5) is 17.1. The lowest BCUT2D eigenvalue weighted by Gasteiger charge is -2.28. The zero-order valence-corrected chi connectivity index (χ0v) is 12.5. The van der Waals surface area contributed by atoms with E-state index in [1.807, 2.05) is 53.4 Å². The largest absolute Gasteiger partial charge is 0.349 e. The van der Waals surface area contributed by atoms with Gasteiger partial charge in [0.15, 0.2) is 0 Å². The summed E-state index contributed by atoms with van der Waals surface area (Å²) in [6.45, 7) is 5.21. The SMILES string of the molecule is CCCN1c2ccccc2N(C(=O)c2ccccc2)C1C. The van der Waals surface area contributed by atoms with Crippen molar-refractivity contribution < 1.29 is 4.79 Å². The second kappa shape index (κ2) is 5.60. The van der Waals surface area contributed by atoms with Crippen LogP contribution in [0.2, 0.25) is 0 Å². The van der Waals surface area contributed by atoms with Gasteiger partial charge >= 0.3 is 0 Å². The molecule has 0 bridgehead atoms. The van der Waals surface area contributed by atoms with Gasteiger partial charge in [-0.05, 0) is 37.6 Å². The molecular formula is C18H20N2O. The van der Waals surface area contributed by atoms with Crippen molar-refractivity contribution in [3.8, 4) is 0 Å². The molecule has 1 amide bonds. The number of carbonyl (C=O) groups is 1. The van der Waals surface area contributed by atoms with Crippen molar-refractivity contribution in [2.45, 2.75) is 26.4 Å². The highest BCUT2D eigenvalue weighted by Crippen LogP contribution is 2.40. The Morgan fingerprint density at radius 2 is 1.62 bits per heavy atom. The minimum atomic E-state index is 0.0510. The number of benzene rings is 2. The third-order valence-corrected chi connectivity index (χ3v) is 3.98. The van der Waals surface area contributed by atoms with Gasteiger partial charge < -0.3 is 4.90 Å². The summed E-state index contributed by atoms with van der Waals surface area (Å²) in [5.74, 6) is 0.0640. The second-order valence-corrected chi connectivity index (χ2v) is 5.36. The van der Waals surface area contributed by atoms with Gasteiger partial charge in [0.2, 0.25) is 0 Å². The summed E-state index contributed by atoms with van der Waals surface area (Å²) in [5.41, 5.74) is 2.89. The highest BCUT2D eigenvalue weighted by Gasteiger charge is 2.36. The number of hydrogen-bond donors (Lipinski definition) is 0. The molecule has 1 aliphatic heterocycles. The number of hydrogen-bond acceptors (Lipinski definition) is 2. The van der Waals surface area contributed by atoms with Gasteiger partial charge in [-0.25, -0.2) is 0 Å². The zero-order valence-electron chi connectivity index (χ0n) is 12.5. The smallest absolute Gasteiger partial charge is 0.260 e. The molecular weight excluding hydrogens is 260 g/mol. The number of rotatable bonds is 3. The molecule has 2 aromatic carbocycles. The van der Waals surface area contributed by atoms with Crippen molar-refractivity contribution in [1.29, 1.82) is 0 Å². The van der Waals surface area contributed by atoms with Crippen molar-refractivity contribution in [1.82, 2.24) is 0 Å². The molecule has 3 nitrogen and oxygen atoms in total. The summed E-state index contributed by atoms with van der Waals surface area (Å²) in [6.07, 6.45) is 1.11. The molecule has 0 aliphatic carbocycles. The van der Waals surface area contributed by atoms with Crippen LogP contribution in [-0.4, -0.2) is 18.6 Å². The number of carbonyl (C=O) groups excluding carboxylic acids is 1. The molecule has 3 heteroatoms. The fourth-order valence-electron chi connectivity index (χ4n) is 3.00. The molecule has 3 rings (SSSR count). The van der Waals surface area contributed by atoms with Crippen molar-refractivity contribution in [3.05, 3.63) is 60.2 Å². The summed E-state index contributed by atoms with van der Waals surface area (Å²) >= 11 is 0. The van der Waals surface area contributed by atoms with Gasteiger partial charge in [-0.3, -0.25) is 9.69 Å². The van der Waals surface area contributed by atoms with E-state index in [-0.39, 0.29) is 12.1 Å². The molecule has 1 atom stereocenters. The van der Waals surface area contributed by atoms with Gasteiger partial charge in [0, 0.05) is 12.1 Å². The Labute approximate surface area is 125 Å². The number of para-hydroxylation sites is 2. The summed E-state index contributed by atoms with van der Waals surface area (Å²) in [7, 11) is 0. The first-order valence-electron chi connectivity index (χ1n) is 7.48. The van der Waals surface area contributed by atoms with E-state index in [1.165, 1.54) is 0 Å². The minimum Gasteiger partial charge on any atom is -0.349 e. The predicted molar refractivity (Wildman–Crippen MR) is 86.8 cm³/mol. The Bertz CT molecular complexity index is 639. The molecule has 2 aromatic rings. The Morgan fingerprint density at radius 3 is 2.29 bits per heavy atom. The molecule has 1 aliphatic rings. The van der Waals surface area contributed by atoms with E-state index in [4.69, 9.17) is 0 Å². The average molecular weight is 280 g/mol. The minimum absolute atomic E-state index is 0.0510. The molecule has 1 heterocycles. The van der Waals surface area contributed by atoms with Crippen LogP contribution < -0.4 is 9.80 Å². The fraction of sp³-hybridized carbons (Fsp3) is 0.278. The summed E-state index contributed by atoms with van der Waals surface area (Å²) in [5, 5.41) is 0. The van der Waals surface area contributed by atoms with Gasteiger partial charge in [0.05, 0.1) is 11.4 Å². The van der Waals surface area contributed by atoms with Crippen molar-refractivity contribution in [2.24, 2.45) is 0 Å². The Hall–Kier alpha value is -2.29. The first-order chi connectivity index (χ1) is 10.2. The molecule has 0 radical (unpaired) electrons. The molecule has 0 aromatic heterocycles. The van der Waals surface area contributed by atoms with Crippen LogP contribution in [0.15, 0.2) is 54.6 Å². The maximum atomic E-state index is 12.9. The van der Waals surface area contributed by atoms with Crippen LogP contribution in [0, 0.1) is 0 Å². The van der Waals surface area contributed by atoms with E-state index in [0.29, 0.717) is 0 Å². The molecule has 0 fully saturated rings. The van der Waals surface area contributed by atoms with Crippen molar-refractivity contribution in [3.63, 3.8) is 0 Å². The molecule has 0 N–H and O–H groups in total. The van der Waals surface area contributed by atoms with E-state index < -0.39 is 0 Å². The van der Waals surface area contributed by atoms with Gasteiger partial charge in [0.25, 0.3) is 5.91 Å². The van der Waals surface area contributed by atoms with Gasteiger partial charge in [0.1, 0.15) is 6.17 Å². The van der Waals surface area contributed by atoms with Crippen molar-refractivity contribution >= 4 is 17.3 Å². The topological polar surface area (TPSA) is 23.6 Å². The number of amides is 1. The third kappa shape index (κ3) is 2.29. The van der Waals surface area contributed by atoms with Crippen LogP contribution in [0.1, 0.15) is 30.6 Å². The fourth-order valence-corrected chi connectivity index (χ4v) is 3.00. The van der Waals surface area contributed by atoms with E-state index >= 15 is 0 Å². The second-order valence-electron chi connectivity index (χ2n) is 5.36. The molecule has 0 saturated carbocycles. The first kappa shape index (κ1) is 13.7. The average Bonchev–Trinajstić information content (AvgIpc) is 2.81. The lowest BCUT2D eigenvalue weighted by atomic mass is 10.2. The van der Waals surface area contributed by atoms with Crippen LogP contribution in [0.3, 0.4) is 0 Å². The Morgan fingerprint density at radius 1 is 1.00 bits per heavy atom. The zero-order chi connectivity index (χ0) is 14.8. The lowest BCUT2D eigenvalue weighted by molar-refractivity contribution is 0.0980. The van der Waals surface area contributed by atoms with Gasteiger partial charge in [-0.1, -0.05) is 37.3 Å². The molecule has 1 unspecified atom stereocenters. The summed E-state index contributed by atoms with van der Waals surface area (Å²) < 4.78 is 0. The van der Waals surface area contributed by atoms with E-state index in [9.17, 15) is 4.79 Å². The maximum Gasteiger partial charge on any atom is 0.260 e. The quantitative estimate of drug-likeness (QED) is 0.851. The molecule has 0 saturated heterocycles. The molecule has 0 spiro atoms. The normalized spacial score (nSPS) is 17.0. The first-order valence-corrected chi connectivity index (χ1v) is 7.48. The van der Waals surface area contributed by atoms with E-state index in [0.717, 1.165) is 29.9 Å². The predicted octanol–water partition coefficient (Wildman–Crippen LogP) is 3.91. The molecule has 21 heavy (non-hydrogen) atoms. The maximum absolute atomic E-state index is 12.9. The Balaban J connectivity index is 2.01. The lowest BCUT2D eigenvalue weighted by Crippen LogP contribution is -2.44. The summed E-state index contributed by atoms with van der Waals surface area (Å²) in [6, 6.07) is 17.6. The van der Waals surface area contributed by atoms with Gasteiger partial charge in [-0.2, -0.15) is 0 Å². The highest BCUT2D eigenvalue weighted by atomic mass is 16.2. The van der Waals surface area contributed by atoms with Crippen LogP contribution in [0.25, 0.3) is 0 Å². The van der Waals surface area contributed by atoms with E-state index in [2.05, 4.69) is 24.8 Å².